The summed E-state index contributed by atoms with van der Waals surface area (Å²) in [4.78, 5) is 18.3. The zero-order chi connectivity index (χ0) is 26.0. The average molecular weight is 503 g/mol. The van der Waals surface area contributed by atoms with Gasteiger partial charge in [0.2, 0.25) is 5.91 Å². The number of pyridine rings is 1. The molecule has 1 aliphatic carbocycles. The van der Waals surface area contributed by atoms with Gasteiger partial charge in [-0.05, 0) is 62.7 Å². The van der Waals surface area contributed by atoms with Crippen molar-refractivity contribution in [3.63, 3.8) is 0 Å². The molecular weight excluding hydrogens is 476 g/mol. The van der Waals surface area contributed by atoms with Crippen molar-refractivity contribution in [1.29, 1.82) is 0 Å². The van der Waals surface area contributed by atoms with Crippen molar-refractivity contribution in [3.8, 4) is 5.75 Å². The molecule has 35 heavy (non-hydrogen) atoms. The number of amides is 1. The summed E-state index contributed by atoms with van der Waals surface area (Å²) in [5.74, 6) is -2.25. The Bertz CT molecular complexity index is 1020. The smallest absolute Gasteiger partial charge is 0.416 e. The molecule has 5 nitrogen and oxygen atoms in total. The standard InChI is InChI=1S/C24H27F6N3O2/c1-33(2)17(10-15-5-6-18(34)11-20(15)23(25,26)27)14-32-21(35)12-19(16-4-3-9-31-13-16)22(7-8-22)24(28,29)30/h3-6,9,11,13,17,19,34H,7-8,10,12,14H2,1-2H3,(H,32,35)/t17-,19-/m0/s1. The van der Waals surface area contributed by atoms with Crippen LogP contribution in [0.3, 0.4) is 0 Å². The van der Waals surface area contributed by atoms with Crippen LogP contribution in [0.25, 0.3) is 0 Å². The molecule has 192 valence electrons. The van der Waals surface area contributed by atoms with Gasteiger partial charge in [0.05, 0.1) is 11.0 Å². The SMILES string of the molecule is CN(C)[C@H](CNC(=O)C[C@@H](c1cccnc1)C1(C(F)(F)F)CC1)Cc1ccc(O)cc1C(F)(F)F. The molecule has 2 atom stereocenters. The number of benzene rings is 1. The molecule has 1 fully saturated rings. The maximum Gasteiger partial charge on any atom is 0.416 e. The highest BCUT2D eigenvalue weighted by atomic mass is 19.4. The summed E-state index contributed by atoms with van der Waals surface area (Å²) in [5.41, 5.74) is -2.71. The van der Waals surface area contributed by atoms with Gasteiger partial charge in [-0.1, -0.05) is 12.1 Å². The highest BCUT2D eigenvalue weighted by Crippen LogP contribution is 2.66. The van der Waals surface area contributed by atoms with Crippen LogP contribution in [0.1, 0.15) is 41.9 Å². The molecule has 0 unspecified atom stereocenters. The number of hydrogen-bond acceptors (Lipinski definition) is 4. The summed E-state index contributed by atoms with van der Waals surface area (Å²) in [6, 6.07) is 5.44. The fraction of sp³-hybridized carbons (Fsp3) is 0.500. The minimum Gasteiger partial charge on any atom is -0.508 e. The number of alkyl halides is 6. The predicted octanol–water partition coefficient (Wildman–Crippen LogP) is 4.91. The fourth-order valence-electron chi connectivity index (χ4n) is 4.37. The highest BCUT2D eigenvalue weighted by molar-refractivity contribution is 5.77. The van der Waals surface area contributed by atoms with Crippen LogP contribution in [0.15, 0.2) is 42.7 Å². The first-order valence-corrected chi connectivity index (χ1v) is 11.0. The van der Waals surface area contributed by atoms with Crippen LogP contribution in [0.5, 0.6) is 5.75 Å². The summed E-state index contributed by atoms with van der Waals surface area (Å²) in [6.07, 6.45) is -7.06. The lowest BCUT2D eigenvalue weighted by Gasteiger charge is -2.30. The third-order valence-corrected chi connectivity index (χ3v) is 6.62. The minimum atomic E-state index is -4.68. The second kappa shape index (κ2) is 10.0. The monoisotopic (exact) mass is 503 g/mol. The molecule has 1 heterocycles. The highest BCUT2D eigenvalue weighted by Gasteiger charge is 2.67. The summed E-state index contributed by atoms with van der Waals surface area (Å²) < 4.78 is 81.8. The molecule has 0 saturated heterocycles. The molecule has 1 amide bonds. The van der Waals surface area contributed by atoms with E-state index in [4.69, 9.17) is 0 Å². The van der Waals surface area contributed by atoms with Gasteiger partial charge in [0, 0.05) is 37.3 Å². The van der Waals surface area contributed by atoms with E-state index in [1.54, 1.807) is 19.0 Å². The number of hydrogen-bond donors (Lipinski definition) is 2. The number of rotatable bonds is 9. The van der Waals surface area contributed by atoms with E-state index >= 15 is 0 Å². The van der Waals surface area contributed by atoms with Crippen molar-refractivity contribution in [2.45, 2.75) is 50.0 Å². The fourth-order valence-corrected chi connectivity index (χ4v) is 4.37. The zero-order valence-corrected chi connectivity index (χ0v) is 19.2. The van der Waals surface area contributed by atoms with Gasteiger partial charge in [-0.25, -0.2) is 0 Å². The lowest BCUT2D eigenvalue weighted by molar-refractivity contribution is -0.194. The topological polar surface area (TPSA) is 65.5 Å². The molecule has 0 spiro atoms. The Morgan fingerprint density at radius 2 is 1.86 bits per heavy atom. The quantitative estimate of drug-likeness (QED) is 0.478. The first kappa shape index (κ1) is 26.8. The van der Waals surface area contributed by atoms with Crippen molar-refractivity contribution in [1.82, 2.24) is 15.2 Å². The number of carbonyl (C=O) groups excluding carboxylic acids is 1. The average Bonchev–Trinajstić information content (AvgIpc) is 3.57. The van der Waals surface area contributed by atoms with Gasteiger partial charge >= 0.3 is 12.4 Å². The molecule has 1 aromatic heterocycles. The largest absolute Gasteiger partial charge is 0.508 e. The van der Waals surface area contributed by atoms with Crippen molar-refractivity contribution in [2.24, 2.45) is 5.41 Å². The van der Waals surface area contributed by atoms with Crippen molar-refractivity contribution in [3.05, 3.63) is 59.4 Å². The van der Waals surface area contributed by atoms with Gasteiger partial charge in [0.25, 0.3) is 0 Å². The van der Waals surface area contributed by atoms with Gasteiger partial charge in [-0.15, -0.1) is 0 Å². The first-order valence-electron chi connectivity index (χ1n) is 11.0. The van der Waals surface area contributed by atoms with Gasteiger partial charge in [0.1, 0.15) is 5.75 Å². The molecule has 2 N–H and O–H groups in total. The third kappa shape index (κ3) is 6.25. The first-order chi connectivity index (χ1) is 16.2. The normalized spacial score (nSPS) is 17.2. The van der Waals surface area contributed by atoms with Crippen molar-refractivity contribution in [2.75, 3.05) is 20.6 Å². The molecule has 2 aromatic rings. The van der Waals surface area contributed by atoms with Crippen LogP contribution in [0.4, 0.5) is 26.3 Å². The summed E-state index contributed by atoms with van der Waals surface area (Å²) >= 11 is 0. The Kier molecular flexibility index (Phi) is 7.68. The van der Waals surface area contributed by atoms with Crippen LogP contribution in [-0.4, -0.2) is 53.8 Å². The number of phenols is 1. The van der Waals surface area contributed by atoms with Gasteiger partial charge in [0.15, 0.2) is 0 Å². The van der Waals surface area contributed by atoms with E-state index in [0.717, 1.165) is 6.07 Å². The zero-order valence-electron chi connectivity index (χ0n) is 19.2. The summed E-state index contributed by atoms with van der Waals surface area (Å²) in [6.45, 7) is -0.0667. The lowest BCUT2D eigenvalue weighted by Crippen LogP contribution is -2.43. The van der Waals surface area contributed by atoms with E-state index in [9.17, 15) is 36.2 Å². The lowest BCUT2D eigenvalue weighted by atomic mass is 9.80. The molecule has 11 heteroatoms. The Morgan fingerprint density at radius 1 is 1.17 bits per heavy atom. The van der Waals surface area contributed by atoms with Crippen molar-refractivity contribution < 1.29 is 36.2 Å². The minimum absolute atomic E-state index is 0.0644. The van der Waals surface area contributed by atoms with Gasteiger partial charge < -0.3 is 15.3 Å². The number of nitrogens with zero attached hydrogens (tertiary/aromatic N) is 2. The summed E-state index contributed by atoms with van der Waals surface area (Å²) in [7, 11) is 3.26. The molecule has 0 aliphatic heterocycles. The number of aromatic nitrogens is 1. The molecule has 1 saturated carbocycles. The molecule has 1 aromatic carbocycles. The van der Waals surface area contributed by atoms with Crippen LogP contribution < -0.4 is 5.32 Å². The van der Waals surface area contributed by atoms with Crippen LogP contribution in [-0.2, 0) is 17.4 Å². The Hall–Kier alpha value is -2.82. The Morgan fingerprint density at radius 3 is 2.37 bits per heavy atom. The Balaban J connectivity index is 1.73. The number of nitrogens with one attached hydrogen (secondary N) is 1. The summed E-state index contributed by atoms with van der Waals surface area (Å²) in [5, 5.41) is 12.1. The number of carbonyl (C=O) groups is 1. The number of aromatic hydroxyl groups is 1. The molecular formula is C24H27F6N3O2. The second-order valence-electron chi connectivity index (χ2n) is 9.16. The second-order valence-corrected chi connectivity index (χ2v) is 9.16. The number of halogens is 6. The number of phenolic OH excluding ortho intramolecular Hbond substituents is 1. The van der Waals surface area contributed by atoms with Gasteiger partial charge in [-0.3, -0.25) is 9.78 Å². The van der Waals surface area contributed by atoms with E-state index in [2.05, 4.69) is 10.3 Å². The van der Waals surface area contributed by atoms with E-state index in [0.29, 0.717) is 11.6 Å². The predicted molar refractivity (Wildman–Crippen MR) is 117 cm³/mol. The molecule has 0 bridgehead atoms. The van der Waals surface area contributed by atoms with Crippen molar-refractivity contribution >= 4 is 5.91 Å². The van der Waals surface area contributed by atoms with Crippen LogP contribution >= 0.6 is 0 Å². The van der Waals surface area contributed by atoms with Crippen LogP contribution in [0, 0.1) is 5.41 Å². The van der Waals surface area contributed by atoms with Crippen LogP contribution in [0.2, 0.25) is 0 Å². The molecule has 1 aliphatic rings. The third-order valence-electron chi connectivity index (χ3n) is 6.62. The molecule has 3 rings (SSSR count). The maximum absolute atomic E-state index is 13.8. The molecule has 0 radical (unpaired) electrons. The number of likely N-dealkylation sites (N-methyl/N-ethyl adjacent to an activating group) is 1. The van der Waals surface area contributed by atoms with E-state index in [1.165, 1.54) is 30.6 Å². The van der Waals surface area contributed by atoms with Gasteiger partial charge in [-0.2, -0.15) is 26.3 Å². The Labute approximate surface area is 199 Å². The van der Waals surface area contributed by atoms with E-state index < -0.39 is 53.4 Å². The van der Waals surface area contributed by atoms with E-state index in [1.807, 2.05) is 0 Å². The maximum atomic E-state index is 13.8. The van der Waals surface area contributed by atoms with E-state index in [-0.39, 0.29) is 31.4 Å².